The summed E-state index contributed by atoms with van der Waals surface area (Å²) in [4.78, 5) is 0. The molecule has 2 bridgehead atoms. The highest BCUT2D eigenvalue weighted by Gasteiger charge is 2.27. The van der Waals surface area contributed by atoms with Crippen molar-refractivity contribution in [1.29, 1.82) is 0 Å². The molecular formula is C11H23NO3S. The largest absolute Gasteiger partial charge is 0.314 e. The zero-order valence-corrected chi connectivity index (χ0v) is 11.0. The van der Waals surface area contributed by atoms with Crippen molar-refractivity contribution in [2.24, 2.45) is 11.8 Å². The van der Waals surface area contributed by atoms with Crippen LogP contribution in [0.1, 0.15) is 39.5 Å². The fourth-order valence-electron chi connectivity index (χ4n) is 2.42. The molecule has 5 heteroatoms. The fraction of sp³-hybridized carbons (Fsp3) is 1.00. The lowest BCUT2D eigenvalue weighted by molar-refractivity contribution is 0.410. The minimum Gasteiger partial charge on any atom is -0.314 e. The van der Waals surface area contributed by atoms with Crippen LogP contribution in [-0.4, -0.2) is 31.3 Å². The predicted octanol–water partition coefficient (Wildman–Crippen LogP) is 1.68. The Morgan fingerprint density at radius 1 is 1.38 bits per heavy atom. The molecule has 1 aliphatic carbocycles. The summed E-state index contributed by atoms with van der Waals surface area (Å²) in [7, 11) is -3.72. The molecule has 0 aromatic rings. The summed E-state index contributed by atoms with van der Waals surface area (Å²) in [6, 6.07) is 0.911. The van der Waals surface area contributed by atoms with Gasteiger partial charge in [-0.3, -0.25) is 4.55 Å². The molecule has 2 atom stereocenters. The Hall–Kier alpha value is -0.130. The van der Waals surface area contributed by atoms with Crippen LogP contribution >= 0.6 is 0 Å². The van der Waals surface area contributed by atoms with Crippen molar-refractivity contribution >= 4 is 10.1 Å². The van der Waals surface area contributed by atoms with Crippen LogP contribution in [0.5, 0.6) is 0 Å². The minimum atomic E-state index is -3.72. The topological polar surface area (TPSA) is 66.4 Å². The molecule has 0 aromatic carbocycles. The lowest BCUT2D eigenvalue weighted by Gasteiger charge is -2.15. The summed E-state index contributed by atoms with van der Waals surface area (Å²) in [5, 5.41) is 3.52. The van der Waals surface area contributed by atoms with Gasteiger partial charge in [0.1, 0.15) is 0 Å². The van der Waals surface area contributed by atoms with E-state index in [0.29, 0.717) is 0 Å². The lowest BCUT2D eigenvalue weighted by atomic mass is 9.91. The van der Waals surface area contributed by atoms with Gasteiger partial charge in [0.2, 0.25) is 0 Å². The van der Waals surface area contributed by atoms with Gasteiger partial charge in [0.05, 0.1) is 5.75 Å². The van der Waals surface area contributed by atoms with Gasteiger partial charge in [0.25, 0.3) is 10.1 Å². The van der Waals surface area contributed by atoms with E-state index in [4.69, 9.17) is 4.55 Å². The van der Waals surface area contributed by atoms with Crippen molar-refractivity contribution < 1.29 is 13.0 Å². The van der Waals surface area contributed by atoms with Crippen LogP contribution in [0.15, 0.2) is 0 Å². The Morgan fingerprint density at radius 2 is 2.06 bits per heavy atom. The molecule has 0 aromatic heterocycles. The van der Waals surface area contributed by atoms with Gasteiger partial charge in [-0.05, 0) is 37.6 Å². The third-order valence-electron chi connectivity index (χ3n) is 3.02. The van der Waals surface area contributed by atoms with Crippen molar-refractivity contribution in [2.45, 2.75) is 45.6 Å². The molecule has 2 N–H and O–H groups in total. The molecule has 4 nitrogen and oxygen atoms in total. The summed E-state index contributed by atoms with van der Waals surface area (Å²) >= 11 is 0. The van der Waals surface area contributed by atoms with Crippen LogP contribution < -0.4 is 5.32 Å². The molecule has 16 heavy (non-hydrogen) atoms. The zero-order valence-electron chi connectivity index (χ0n) is 10.1. The number of fused-ring (bicyclic) bond motifs is 2. The van der Waals surface area contributed by atoms with Crippen molar-refractivity contribution in [3.63, 3.8) is 0 Å². The molecular weight excluding hydrogens is 226 g/mol. The predicted molar refractivity (Wildman–Crippen MR) is 65.0 cm³/mol. The van der Waals surface area contributed by atoms with Crippen LogP contribution in [0.4, 0.5) is 0 Å². The maximum Gasteiger partial charge on any atom is 0.265 e. The average molecular weight is 249 g/mol. The van der Waals surface area contributed by atoms with Crippen LogP contribution in [0.2, 0.25) is 0 Å². The number of hydrogen-bond donors (Lipinski definition) is 2. The van der Waals surface area contributed by atoms with E-state index in [0.717, 1.165) is 12.0 Å². The minimum absolute atomic E-state index is 0.00463. The molecule has 0 spiro atoms. The highest BCUT2D eigenvalue weighted by Crippen LogP contribution is 2.28. The molecule has 0 radical (unpaired) electrons. The van der Waals surface area contributed by atoms with E-state index in [2.05, 4.69) is 5.32 Å². The Labute approximate surface area is 98.6 Å². The summed E-state index contributed by atoms with van der Waals surface area (Å²) in [6.07, 6.45) is 5.88. The first kappa shape index (κ1) is 13.9. The highest BCUT2D eigenvalue weighted by atomic mass is 32.2. The third-order valence-corrected chi connectivity index (χ3v) is 4.11. The third kappa shape index (κ3) is 5.82. The van der Waals surface area contributed by atoms with Gasteiger partial charge < -0.3 is 5.32 Å². The smallest absolute Gasteiger partial charge is 0.265 e. The van der Waals surface area contributed by atoms with E-state index in [1.807, 2.05) is 0 Å². The second-order valence-electron chi connectivity index (χ2n) is 5.28. The van der Waals surface area contributed by atoms with E-state index < -0.39 is 10.1 Å². The van der Waals surface area contributed by atoms with Gasteiger partial charge in [-0.2, -0.15) is 8.42 Å². The van der Waals surface area contributed by atoms with Gasteiger partial charge >= 0.3 is 0 Å². The standard InChI is InChI=1S/C7H13N.C4H10O3S/c1-2-6-4-7(3-1)8-5-6;1-4(2)3-8(5,6)7/h6-8H,1-5H2;4H,3H2,1-2H3,(H,5,6,7). The van der Waals surface area contributed by atoms with E-state index in [9.17, 15) is 8.42 Å². The number of hydrogen-bond acceptors (Lipinski definition) is 3. The second kappa shape index (κ2) is 5.98. The molecule has 2 rings (SSSR count). The van der Waals surface area contributed by atoms with Crippen molar-refractivity contribution in [3.8, 4) is 0 Å². The molecule has 2 aliphatic rings. The zero-order chi connectivity index (χ0) is 12.2. The first-order valence-corrected chi connectivity index (χ1v) is 7.66. The van der Waals surface area contributed by atoms with E-state index >= 15 is 0 Å². The summed E-state index contributed by atoms with van der Waals surface area (Å²) in [5.74, 6) is 0.909. The summed E-state index contributed by atoms with van der Waals surface area (Å²) in [6.45, 7) is 4.77. The fourth-order valence-corrected chi connectivity index (χ4v) is 3.26. The van der Waals surface area contributed by atoms with Crippen LogP contribution in [0, 0.1) is 11.8 Å². The lowest BCUT2D eigenvalue weighted by Crippen LogP contribution is -2.20. The van der Waals surface area contributed by atoms with Gasteiger partial charge in [0.15, 0.2) is 0 Å². The van der Waals surface area contributed by atoms with E-state index in [1.165, 1.54) is 32.2 Å². The van der Waals surface area contributed by atoms with Gasteiger partial charge in [-0.1, -0.05) is 20.3 Å². The highest BCUT2D eigenvalue weighted by molar-refractivity contribution is 7.85. The number of rotatable bonds is 2. The molecule has 2 fully saturated rings. The van der Waals surface area contributed by atoms with Crippen LogP contribution in [0.25, 0.3) is 0 Å². The van der Waals surface area contributed by atoms with E-state index in [-0.39, 0.29) is 11.7 Å². The first-order chi connectivity index (χ1) is 7.37. The van der Waals surface area contributed by atoms with Crippen LogP contribution in [0.3, 0.4) is 0 Å². The Morgan fingerprint density at radius 3 is 2.44 bits per heavy atom. The summed E-state index contributed by atoms with van der Waals surface area (Å²) in [5.41, 5.74) is 0. The quantitative estimate of drug-likeness (QED) is 0.731. The number of nitrogens with one attached hydrogen (secondary N) is 1. The van der Waals surface area contributed by atoms with Crippen molar-refractivity contribution in [1.82, 2.24) is 5.32 Å². The second-order valence-corrected chi connectivity index (χ2v) is 6.78. The maximum absolute atomic E-state index is 10.00. The molecule has 0 amide bonds. The molecule has 1 aliphatic heterocycles. The normalized spacial score (nSPS) is 28.8. The molecule has 1 saturated carbocycles. The van der Waals surface area contributed by atoms with Gasteiger partial charge in [0, 0.05) is 6.04 Å². The SMILES string of the molecule is C1CC2CNC(C1)C2.CC(C)CS(=O)(=O)O. The van der Waals surface area contributed by atoms with Crippen molar-refractivity contribution in [2.75, 3.05) is 12.3 Å². The Balaban J connectivity index is 0.000000160. The van der Waals surface area contributed by atoms with E-state index in [1.54, 1.807) is 13.8 Å². The Bertz CT molecular complexity index is 286. The first-order valence-electron chi connectivity index (χ1n) is 6.05. The average Bonchev–Trinajstić information content (AvgIpc) is 2.42. The van der Waals surface area contributed by atoms with Gasteiger partial charge in [-0.25, -0.2) is 0 Å². The Kier molecular flexibility index (Phi) is 5.21. The van der Waals surface area contributed by atoms with Crippen LogP contribution in [-0.2, 0) is 10.1 Å². The van der Waals surface area contributed by atoms with Gasteiger partial charge in [-0.15, -0.1) is 0 Å². The molecule has 2 unspecified atom stereocenters. The molecule has 1 saturated heterocycles. The molecule has 1 heterocycles. The monoisotopic (exact) mass is 249 g/mol. The maximum atomic E-state index is 10.00. The van der Waals surface area contributed by atoms with Crippen molar-refractivity contribution in [3.05, 3.63) is 0 Å². The summed E-state index contributed by atoms with van der Waals surface area (Å²) < 4.78 is 28.2. The molecule has 96 valence electrons.